The quantitative estimate of drug-likeness (QED) is 0.666. The van der Waals surface area contributed by atoms with Gasteiger partial charge in [0.2, 0.25) is 0 Å². The lowest BCUT2D eigenvalue weighted by Crippen LogP contribution is -2.23. The second-order valence-corrected chi connectivity index (χ2v) is 5.96. The van der Waals surface area contributed by atoms with Crippen molar-refractivity contribution in [1.29, 1.82) is 0 Å². The first-order chi connectivity index (χ1) is 10.7. The van der Waals surface area contributed by atoms with Crippen molar-refractivity contribution in [2.75, 3.05) is 5.32 Å². The fourth-order valence-corrected chi connectivity index (χ4v) is 3.43. The third kappa shape index (κ3) is 2.08. The molecule has 0 saturated heterocycles. The largest absolute Gasteiger partial charge is 0.377 e. The summed E-state index contributed by atoms with van der Waals surface area (Å²) in [6.45, 7) is 0. The van der Waals surface area contributed by atoms with Crippen molar-refractivity contribution in [2.24, 2.45) is 0 Å². The first-order valence-corrected chi connectivity index (χ1v) is 7.68. The van der Waals surface area contributed by atoms with Gasteiger partial charge in [-0.1, -0.05) is 60.1 Å². The van der Waals surface area contributed by atoms with Crippen LogP contribution < -0.4 is 5.32 Å². The van der Waals surface area contributed by atoms with Crippen LogP contribution in [0.25, 0.3) is 10.8 Å². The van der Waals surface area contributed by atoms with Gasteiger partial charge in [-0.05, 0) is 28.5 Å². The molecule has 0 spiro atoms. The molecule has 0 saturated carbocycles. The number of hydrogen-bond donors (Lipinski definition) is 1. The molecule has 0 aliphatic carbocycles. The minimum atomic E-state index is -0.0742. The molecule has 1 N–H and O–H groups in total. The standard InChI is InChI=1S/C19H14ClNO/c20-15-8-4-3-7-14(15)17-11-18(22)19-13-6-2-1-5-12(13)9-10-16(19)21-17/h1-10,17,21H,11H2/t17-/m1/s1. The second kappa shape index (κ2) is 5.15. The van der Waals surface area contributed by atoms with Gasteiger partial charge in [-0.15, -0.1) is 0 Å². The monoisotopic (exact) mass is 307 g/mol. The number of halogens is 1. The summed E-state index contributed by atoms with van der Waals surface area (Å²) in [5.74, 6) is 0.162. The summed E-state index contributed by atoms with van der Waals surface area (Å²) in [4.78, 5) is 12.7. The van der Waals surface area contributed by atoms with Crippen molar-refractivity contribution < 1.29 is 4.79 Å². The lowest BCUT2D eigenvalue weighted by Gasteiger charge is -2.28. The molecule has 0 unspecified atom stereocenters. The average Bonchev–Trinajstić information content (AvgIpc) is 2.54. The van der Waals surface area contributed by atoms with E-state index in [0.29, 0.717) is 11.4 Å². The Morgan fingerprint density at radius 1 is 0.955 bits per heavy atom. The van der Waals surface area contributed by atoms with E-state index in [2.05, 4.69) is 5.32 Å². The molecule has 3 heteroatoms. The summed E-state index contributed by atoms with van der Waals surface area (Å²) in [6, 6.07) is 19.6. The Hall–Kier alpha value is -2.32. The van der Waals surface area contributed by atoms with Crippen molar-refractivity contribution >= 4 is 33.8 Å². The number of anilines is 1. The van der Waals surface area contributed by atoms with Gasteiger partial charge in [0, 0.05) is 22.7 Å². The fourth-order valence-electron chi connectivity index (χ4n) is 3.16. The number of rotatable bonds is 1. The van der Waals surface area contributed by atoms with Crippen LogP contribution in [-0.2, 0) is 0 Å². The maximum absolute atomic E-state index is 12.7. The van der Waals surface area contributed by atoms with Gasteiger partial charge >= 0.3 is 0 Å². The van der Waals surface area contributed by atoms with E-state index in [4.69, 9.17) is 11.6 Å². The van der Waals surface area contributed by atoms with Gasteiger partial charge in [0.1, 0.15) is 0 Å². The molecular weight excluding hydrogens is 294 g/mol. The van der Waals surface area contributed by atoms with E-state index >= 15 is 0 Å². The Morgan fingerprint density at radius 3 is 2.59 bits per heavy atom. The predicted octanol–water partition coefficient (Wildman–Crippen LogP) is 5.23. The molecule has 22 heavy (non-hydrogen) atoms. The van der Waals surface area contributed by atoms with Crippen molar-refractivity contribution in [3.63, 3.8) is 0 Å². The van der Waals surface area contributed by atoms with Crippen molar-refractivity contribution in [3.05, 3.63) is 76.8 Å². The molecule has 1 aliphatic rings. The van der Waals surface area contributed by atoms with E-state index in [1.165, 1.54) is 0 Å². The van der Waals surface area contributed by atoms with E-state index in [1.54, 1.807) is 0 Å². The number of carbonyl (C=O) groups excluding carboxylic acids is 1. The van der Waals surface area contributed by atoms with Gasteiger partial charge in [-0.2, -0.15) is 0 Å². The topological polar surface area (TPSA) is 29.1 Å². The molecule has 0 amide bonds. The SMILES string of the molecule is O=C1C[C@H](c2ccccc2Cl)Nc2ccc3ccccc3c21. The van der Waals surface area contributed by atoms with Crippen LogP contribution in [0, 0.1) is 0 Å². The van der Waals surface area contributed by atoms with E-state index < -0.39 is 0 Å². The number of carbonyl (C=O) groups is 1. The molecule has 4 rings (SSSR count). The summed E-state index contributed by atoms with van der Waals surface area (Å²) < 4.78 is 0. The molecular formula is C19H14ClNO. The molecule has 0 aromatic heterocycles. The van der Waals surface area contributed by atoms with E-state index in [9.17, 15) is 4.79 Å². The lowest BCUT2D eigenvalue weighted by atomic mass is 9.89. The highest BCUT2D eigenvalue weighted by molar-refractivity contribution is 6.31. The summed E-state index contributed by atoms with van der Waals surface area (Å²) in [6.07, 6.45) is 0.421. The maximum Gasteiger partial charge on any atom is 0.167 e. The Bertz CT molecular complexity index is 887. The number of ketones is 1. The maximum atomic E-state index is 12.7. The second-order valence-electron chi connectivity index (χ2n) is 5.55. The van der Waals surface area contributed by atoms with E-state index in [-0.39, 0.29) is 11.8 Å². The third-order valence-electron chi connectivity index (χ3n) is 4.21. The Kier molecular flexibility index (Phi) is 3.12. The van der Waals surface area contributed by atoms with Crippen molar-refractivity contribution in [3.8, 4) is 0 Å². The fraction of sp³-hybridized carbons (Fsp3) is 0.105. The van der Waals surface area contributed by atoms with Crippen LogP contribution in [0.3, 0.4) is 0 Å². The third-order valence-corrected chi connectivity index (χ3v) is 4.55. The van der Waals surface area contributed by atoms with Crippen LogP contribution in [0.5, 0.6) is 0 Å². The minimum Gasteiger partial charge on any atom is -0.377 e. The van der Waals surface area contributed by atoms with Gasteiger partial charge < -0.3 is 5.32 Å². The molecule has 1 heterocycles. The minimum absolute atomic E-state index is 0.0742. The van der Waals surface area contributed by atoms with Gasteiger partial charge in [-0.25, -0.2) is 0 Å². The molecule has 2 nitrogen and oxygen atoms in total. The molecule has 0 fully saturated rings. The van der Waals surface area contributed by atoms with E-state index in [1.807, 2.05) is 60.7 Å². The highest BCUT2D eigenvalue weighted by Crippen LogP contribution is 2.38. The molecule has 3 aromatic rings. The van der Waals surface area contributed by atoms with Gasteiger partial charge in [0.05, 0.1) is 6.04 Å². The van der Waals surface area contributed by atoms with Crippen LogP contribution in [-0.4, -0.2) is 5.78 Å². The van der Waals surface area contributed by atoms with Gasteiger partial charge in [0.25, 0.3) is 0 Å². The normalized spacial score (nSPS) is 17.1. The molecule has 0 radical (unpaired) electrons. The van der Waals surface area contributed by atoms with E-state index in [0.717, 1.165) is 27.6 Å². The predicted molar refractivity (Wildman–Crippen MR) is 90.7 cm³/mol. The highest BCUT2D eigenvalue weighted by atomic mass is 35.5. The Labute approximate surface area is 133 Å². The number of fused-ring (bicyclic) bond motifs is 3. The van der Waals surface area contributed by atoms with Crippen molar-refractivity contribution in [2.45, 2.75) is 12.5 Å². The summed E-state index contributed by atoms with van der Waals surface area (Å²) in [5.41, 5.74) is 2.65. The van der Waals surface area contributed by atoms with Crippen LogP contribution in [0.1, 0.15) is 28.4 Å². The summed E-state index contributed by atoms with van der Waals surface area (Å²) >= 11 is 6.28. The summed E-state index contributed by atoms with van der Waals surface area (Å²) in [7, 11) is 0. The number of benzene rings is 3. The van der Waals surface area contributed by atoms with Crippen LogP contribution in [0.2, 0.25) is 5.02 Å². The zero-order valence-electron chi connectivity index (χ0n) is 11.8. The van der Waals surface area contributed by atoms with Crippen molar-refractivity contribution in [1.82, 2.24) is 0 Å². The van der Waals surface area contributed by atoms with Crippen LogP contribution >= 0.6 is 11.6 Å². The zero-order valence-corrected chi connectivity index (χ0v) is 12.6. The van der Waals surface area contributed by atoms with Crippen LogP contribution in [0.4, 0.5) is 5.69 Å². The first kappa shape index (κ1) is 13.4. The molecule has 3 aromatic carbocycles. The Morgan fingerprint density at radius 2 is 1.73 bits per heavy atom. The smallest absolute Gasteiger partial charge is 0.167 e. The Balaban J connectivity index is 1.83. The average molecular weight is 308 g/mol. The molecule has 1 atom stereocenters. The molecule has 0 bridgehead atoms. The van der Waals surface area contributed by atoms with Gasteiger partial charge in [0.15, 0.2) is 5.78 Å². The number of nitrogens with one attached hydrogen (secondary N) is 1. The first-order valence-electron chi connectivity index (χ1n) is 7.30. The zero-order chi connectivity index (χ0) is 15.1. The van der Waals surface area contributed by atoms with Crippen LogP contribution in [0.15, 0.2) is 60.7 Å². The lowest BCUT2D eigenvalue weighted by molar-refractivity contribution is 0.0974. The number of hydrogen-bond acceptors (Lipinski definition) is 2. The molecule has 108 valence electrons. The summed E-state index contributed by atoms with van der Waals surface area (Å²) in [5, 5.41) is 6.26. The highest BCUT2D eigenvalue weighted by Gasteiger charge is 2.28. The van der Waals surface area contributed by atoms with Gasteiger partial charge in [-0.3, -0.25) is 4.79 Å². The molecule has 1 aliphatic heterocycles. The number of Topliss-reactive ketones (excluding diaryl/α,β-unsaturated/α-hetero) is 1.